The Morgan fingerprint density at radius 3 is 2.22 bits per heavy atom. The van der Waals surface area contributed by atoms with Crippen LogP contribution in [0.4, 0.5) is 31.1 Å². The van der Waals surface area contributed by atoms with E-state index in [0.717, 1.165) is 12.8 Å². The average molecular weight is 404 g/mol. The second-order valence-electron chi connectivity index (χ2n) is 8.49. The van der Waals surface area contributed by atoms with E-state index in [4.69, 9.17) is 4.74 Å². The molecule has 2 saturated heterocycles. The van der Waals surface area contributed by atoms with E-state index in [-0.39, 0.29) is 24.0 Å². The second-order valence-corrected chi connectivity index (χ2v) is 8.49. The molecule has 0 radical (unpaired) electrons. The van der Waals surface area contributed by atoms with E-state index in [1.165, 1.54) is 0 Å². The van der Waals surface area contributed by atoms with Crippen LogP contribution < -0.4 is 5.32 Å². The van der Waals surface area contributed by atoms with Gasteiger partial charge in [0.05, 0.1) is 6.10 Å². The molecule has 2 atom stereocenters. The number of hydrogen-bond acceptors (Lipinski definition) is 2. The molecule has 0 aromatic carbocycles. The van der Waals surface area contributed by atoms with Crippen LogP contribution in [0.15, 0.2) is 0 Å². The minimum Gasteiger partial charge on any atom is -0.377 e. The van der Waals surface area contributed by atoms with Gasteiger partial charge in [-0.2, -0.15) is 26.3 Å². The van der Waals surface area contributed by atoms with Gasteiger partial charge in [0.25, 0.3) is 0 Å². The summed E-state index contributed by atoms with van der Waals surface area (Å²) >= 11 is 0. The van der Waals surface area contributed by atoms with Crippen molar-refractivity contribution in [1.29, 1.82) is 0 Å². The zero-order valence-corrected chi connectivity index (χ0v) is 15.6. The molecule has 0 aliphatic carbocycles. The first-order valence-corrected chi connectivity index (χ1v) is 8.97. The SMILES string of the molecule is CC(C)(C)C1OCCCC1CNC(=O)N1CCC(C(F)(F)F)(C(F)(F)F)C1. The summed E-state index contributed by atoms with van der Waals surface area (Å²) in [6, 6.07) is -0.899. The fourth-order valence-electron chi connectivity index (χ4n) is 3.95. The van der Waals surface area contributed by atoms with Gasteiger partial charge >= 0.3 is 18.4 Å². The molecule has 2 fully saturated rings. The van der Waals surface area contributed by atoms with E-state index < -0.39 is 43.3 Å². The van der Waals surface area contributed by atoms with Crippen LogP contribution >= 0.6 is 0 Å². The summed E-state index contributed by atoms with van der Waals surface area (Å²) in [5, 5.41) is 2.51. The maximum atomic E-state index is 13.1. The Morgan fingerprint density at radius 1 is 1.15 bits per heavy atom. The molecule has 1 N–H and O–H groups in total. The Hall–Kier alpha value is -1.19. The van der Waals surface area contributed by atoms with E-state index in [0.29, 0.717) is 11.5 Å². The number of likely N-dealkylation sites (tertiary alicyclic amines) is 1. The number of carbonyl (C=O) groups is 1. The fraction of sp³-hybridized carbons (Fsp3) is 0.941. The van der Waals surface area contributed by atoms with Crippen molar-refractivity contribution in [2.75, 3.05) is 26.2 Å². The lowest BCUT2D eigenvalue weighted by atomic mass is 9.78. The Bertz CT molecular complexity index is 527. The minimum absolute atomic E-state index is 0.0414. The number of amides is 2. The normalized spacial score (nSPS) is 26.9. The standard InChI is InChI=1S/C17H26F6N2O2/c1-14(2,3)12-11(5-4-8-27-12)9-24-13(26)25-7-6-15(10-25,16(18,19)20)17(21,22)23/h11-12H,4-10H2,1-3H3,(H,24,26). The molecule has 2 heterocycles. The van der Waals surface area contributed by atoms with Gasteiger partial charge in [-0.25, -0.2) is 4.79 Å². The molecule has 0 saturated carbocycles. The Labute approximate surface area is 154 Å². The number of carbonyl (C=O) groups excluding carboxylic acids is 1. The van der Waals surface area contributed by atoms with Gasteiger partial charge in [-0.05, 0) is 24.7 Å². The summed E-state index contributed by atoms with van der Waals surface area (Å²) in [5.41, 5.74) is -4.05. The van der Waals surface area contributed by atoms with Gasteiger partial charge in [0.2, 0.25) is 0 Å². The van der Waals surface area contributed by atoms with Crippen LogP contribution in [0.2, 0.25) is 0 Å². The van der Waals surface area contributed by atoms with Gasteiger partial charge in [0, 0.05) is 32.2 Å². The summed E-state index contributed by atoms with van der Waals surface area (Å²) < 4.78 is 84.4. The lowest BCUT2D eigenvalue weighted by Crippen LogP contribution is -2.53. The first kappa shape index (κ1) is 22.1. The Balaban J connectivity index is 2.01. The van der Waals surface area contributed by atoms with Crippen LogP contribution in [0.3, 0.4) is 0 Å². The third-order valence-electron chi connectivity index (χ3n) is 5.46. The molecule has 2 aliphatic rings. The van der Waals surface area contributed by atoms with Crippen LogP contribution in [0, 0.1) is 16.7 Å². The average Bonchev–Trinajstić information content (AvgIpc) is 2.98. The van der Waals surface area contributed by atoms with Gasteiger partial charge in [-0.15, -0.1) is 0 Å². The molecule has 2 aliphatic heterocycles. The van der Waals surface area contributed by atoms with Gasteiger partial charge in [-0.1, -0.05) is 20.8 Å². The predicted octanol–water partition coefficient (Wildman–Crippen LogP) is 4.35. The third kappa shape index (κ3) is 4.46. The van der Waals surface area contributed by atoms with Crippen LogP contribution in [-0.2, 0) is 4.74 Å². The van der Waals surface area contributed by atoms with Gasteiger partial charge in [0.15, 0.2) is 5.41 Å². The molecule has 0 bridgehead atoms. The van der Waals surface area contributed by atoms with Gasteiger partial charge in [-0.3, -0.25) is 0 Å². The topological polar surface area (TPSA) is 41.6 Å². The zero-order chi connectivity index (χ0) is 20.7. The lowest BCUT2D eigenvalue weighted by molar-refractivity contribution is -0.334. The predicted molar refractivity (Wildman–Crippen MR) is 86.1 cm³/mol. The number of nitrogens with zero attached hydrogens (tertiary/aromatic N) is 1. The number of halogens is 6. The van der Waals surface area contributed by atoms with Crippen LogP contribution in [0.1, 0.15) is 40.0 Å². The van der Waals surface area contributed by atoms with Crippen LogP contribution in [0.5, 0.6) is 0 Å². The highest BCUT2D eigenvalue weighted by Gasteiger charge is 2.72. The molecular formula is C17H26F6N2O2. The third-order valence-corrected chi connectivity index (χ3v) is 5.46. The summed E-state index contributed by atoms with van der Waals surface area (Å²) in [6.07, 6.45) is -10.7. The van der Waals surface area contributed by atoms with E-state index >= 15 is 0 Å². The summed E-state index contributed by atoms with van der Waals surface area (Å²) in [6.45, 7) is 4.71. The molecule has 10 heteroatoms. The molecule has 2 amide bonds. The number of alkyl halides is 6. The van der Waals surface area contributed by atoms with Gasteiger partial charge < -0.3 is 15.0 Å². The molecular weight excluding hydrogens is 378 g/mol. The quantitative estimate of drug-likeness (QED) is 0.695. The number of ether oxygens (including phenoxy) is 1. The molecule has 158 valence electrons. The van der Waals surface area contributed by atoms with Crippen molar-refractivity contribution < 1.29 is 35.9 Å². The second kappa shape index (κ2) is 7.33. The lowest BCUT2D eigenvalue weighted by Gasteiger charge is -2.40. The van der Waals surface area contributed by atoms with Crippen molar-refractivity contribution in [1.82, 2.24) is 10.2 Å². The number of nitrogens with one attached hydrogen (secondary N) is 1. The molecule has 0 aromatic rings. The molecule has 2 rings (SSSR count). The maximum Gasteiger partial charge on any atom is 0.404 e. The summed E-state index contributed by atoms with van der Waals surface area (Å²) in [4.78, 5) is 12.8. The Kier molecular flexibility index (Phi) is 6.00. The van der Waals surface area contributed by atoms with Crippen LogP contribution in [-0.4, -0.2) is 55.6 Å². The van der Waals surface area contributed by atoms with Crippen molar-refractivity contribution in [2.45, 2.75) is 58.5 Å². The van der Waals surface area contributed by atoms with Crippen LogP contribution in [0.25, 0.3) is 0 Å². The number of rotatable bonds is 2. The Morgan fingerprint density at radius 2 is 1.74 bits per heavy atom. The highest BCUT2D eigenvalue weighted by Crippen LogP contribution is 2.55. The zero-order valence-electron chi connectivity index (χ0n) is 15.6. The van der Waals surface area contributed by atoms with E-state index in [1.54, 1.807) is 0 Å². The van der Waals surface area contributed by atoms with Crippen molar-refractivity contribution in [2.24, 2.45) is 16.7 Å². The molecule has 27 heavy (non-hydrogen) atoms. The number of urea groups is 1. The summed E-state index contributed by atoms with van der Waals surface area (Å²) in [7, 11) is 0. The minimum atomic E-state index is -5.46. The largest absolute Gasteiger partial charge is 0.404 e. The van der Waals surface area contributed by atoms with Crippen molar-refractivity contribution in [3.63, 3.8) is 0 Å². The fourth-order valence-corrected chi connectivity index (χ4v) is 3.95. The van der Waals surface area contributed by atoms with Gasteiger partial charge in [0.1, 0.15) is 0 Å². The first-order valence-electron chi connectivity index (χ1n) is 8.97. The smallest absolute Gasteiger partial charge is 0.377 e. The summed E-state index contributed by atoms with van der Waals surface area (Å²) in [5.74, 6) is -0.0414. The van der Waals surface area contributed by atoms with Crippen molar-refractivity contribution >= 4 is 6.03 Å². The highest BCUT2D eigenvalue weighted by atomic mass is 19.4. The van der Waals surface area contributed by atoms with Crippen molar-refractivity contribution in [3.05, 3.63) is 0 Å². The molecule has 2 unspecified atom stereocenters. The molecule has 0 aromatic heterocycles. The highest BCUT2D eigenvalue weighted by molar-refractivity contribution is 5.74. The molecule has 0 spiro atoms. The van der Waals surface area contributed by atoms with E-state index in [2.05, 4.69) is 5.32 Å². The molecule has 4 nitrogen and oxygen atoms in total. The van der Waals surface area contributed by atoms with E-state index in [9.17, 15) is 31.1 Å². The monoisotopic (exact) mass is 404 g/mol. The first-order chi connectivity index (χ1) is 12.2. The number of hydrogen-bond donors (Lipinski definition) is 1. The van der Waals surface area contributed by atoms with E-state index in [1.807, 2.05) is 20.8 Å². The maximum absolute atomic E-state index is 13.1. The van der Waals surface area contributed by atoms with Crippen molar-refractivity contribution in [3.8, 4) is 0 Å².